The first-order chi connectivity index (χ1) is 14.7. The number of benzene rings is 2. The van der Waals surface area contributed by atoms with Gasteiger partial charge in [0.2, 0.25) is 0 Å². The Morgan fingerprint density at radius 1 is 1.03 bits per heavy atom. The molecule has 0 unspecified atom stereocenters. The molecule has 4 rings (SSSR count). The number of anilines is 1. The minimum atomic E-state index is 0.396. The number of hydrogen-bond donors (Lipinski definition) is 0. The van der Waals surface area contributed by atoms with Crippen LogP contribution in [0.4, 0.5) is 5.69 Å². The first-order valence-corrected chi connectivity index (χ1v) is 13.8. The van der Waals surface area contributed by atoms with E-state index < -0.39 is 0 Å². The van der Waals surface area contributed by atoms with Crippen molar-refractivity contribution in [2.45, 2.75) is 27.3 Å². The maximum absolute atomic E-state index is 2.44. The van der Waals surface area contributed by atoms with Crippen LogP contribution in [0.1, 0.15) is 25.3 Å². The second kappa shape index (κ2) is 9.81. The molecule has 0 atom stereocenters. The molecule has 1 aromatic heterocycles. The zero-order valence-corrected chi connectivity index (χ0v) is 21.1. The van der Waals surface area contributed by atoms with Crippen molar-refractivity contribution in [2.24, 2.45) is 0 Å². The van der Waals surface area contributed by atoms with E-state index in [0.717, 1.165) is 13.1 Å². The van der Waals surface area contributed by atoms with Gasteiger partial charge >= 0.3 is 192 Å². The average Bonchev–Trinajstić information content (AvgIpc) is 3.32. The molecule has 0 N–H and O–H groups in total. The third-order valence-corrected chi connectivity index (χ3v) is 9.85. The fourth-order valence-electron chi connectivity index (χ4n) is 3.61. The number of hydrogen-bond acceptors (Lipinski definition) is 1. The number of rotatable bonds is 6. The van der Waals surface area contributed by atoms with Gasteiger partial charge in [0, 0.05) is 0 Å². The van der Waals surface area contributed by atoms with Crippen LogP contribution in [0.3, 0.4) is 0 Å². The number of fused-ring (bicyclic) bond motifs is 2. The van der Waals surface area contributed by atoms with E-state index in [9.17, 15) is 0 Å². The van der Waals surface area contributed by atoms with Crippen molar-refractivity contribution >= 4 is 55.5 Å². The van der Waals surface area contributed by atoms with Gasteiger partial charge in [-0.3, -0.25) is 0 Å². The molecule has 2 nitrogen and oxygen atoms in total. The molecule has 2 heterocycles. The summed E-state index contributed by atoms with van der Waals surface area (Å²) in [6.45, 7) is 8.67. The van der Waals surface area contributed by atoms with E-state index in [-0.39, 0.29) is 0 Å². The molecule has 4 heteroatoms. The van der Waals surface area contributed by atoms with E-state index in [1.165, 1.54) is 34.7 Å². The molecule has 30 heavy (non-hydrogen) atoms. The molecule has 3 aromatic rings. The van der Waals surface area contributed by atoms with Crippen LogP contribution < -0.4 is 13.9 Å². The molecule has 0 radical (unpaired) electrons. The van der Waals surface area contributed by atoms with Gasteiger partial charge < -0.3 is 0 Å². The standard InChI is InChI=1S/C26H27N2Se2/c1-4-27-21-13-7-9-15-23(21)29-25(27)17-11-6-12-20(3)18-19-26-28(5-2)22-14-8-10-16-24(22)30-26/h6-19H,4-5H2,1-3H3/q+1. The number of aryl methyl sites for hydroxylation is 1. The molecular formula is C26H27N2Se2+. The Balaban J connectivity index is 1.46. The van der Waals surface area contributed by atoms with Crippen molar-refractivity contribution in [1.29, 1.82) is 0 Å². The Kier molecular flexibility index (Phi) is 6.92. The van der Waals surface area contributed by atoms with Crippen molar-refractivity contribution in [2.75, 3.05) is 11.4 Å². The molecular weight excluding hydrogens is 498 g/mol. The van der Waals surface area contributed by atoms with Gasteiger partial charge in [-0.1, -0.05) is 0 Å². The first-order valence-electron chi connectivity index (χ1n) is 10.4. The first kappa shape index (κ1) is 21.2. The van der Waals surface area contributed by atoms with E-state index in [0.29, 0.717) is 29.5 Å². The van der Waals surface area contributed by atoms with E-state index in [4.69, 9.17) is 0 Å². The fourth-order valence-corrected chi connectivity index (χ4v) is 8.37. The van der Waals surface area contributed by atoms with Crippen LogP contribution in [0.25, 0.3) is 15.9 Å². The van der Waals surface area contributed by atoms with Gasteiger partial charge in [0.1, 0.15) is 0 Å². The number of allylic oxidation sites excluding steroid dienone is 6. The molecule has 0 amide bonds. The summed E-state index contributed by atoms with van der Waals surface area (Å²) < 4.78 is 8.29. The van der Waals surface area contributed by atoms with Gasteiger partial charge in [-0.15, -0.1) is 0 Å². The molecule has 0 saturated carbocycles. The molecule has 152 valence electrons. The molecule has 0 saturated heterocycles. The Hall–Kier alpha value is -2.09. The molecule has 2 aromatic carbocycles. The number of nitrogens with zero attached hydrogens (tertiary/aromatic N) is 2. The third-order valence-electron chi connectivity index (χ3n) is 5.10. The Labute approximate surface area is 191 Å². The van der Waals surface area contributed by atoms with Crippen LogP contribution in [-0.4, -0.2) is 36.0 Å². The molecule has 1 aliphatic heterocycles. The zero-order valence-electron chi connectivity index (χ0n) is 17.7. The summed E-state index contributed by atoms with van der Waals surface area (Å²) in [7, 11) is 0. The summed E-state index contributed by atoms with van der Waals surface area (Å²) in [5.74, 6) is 0. The SMILES string of the molecule is CCN1\C(=C/C=C/C=C(C)/C=C/c2[se]c3ccccc3[n+]2CC)[Se]c2ccccc21. The van der Waals surface area contributed by atoms with E-state index in [2.05, 4.69) is 115 Å². The van der Waals surface area contributed by atoms with Crippen LogP contribution in [-0.2, 0) is 6.54 Å². The summed E-state index contributed by atoms with van der Waals surface area (Å²) in [5, 5.41) is 0. The minimum absolute atomic E-state index is 0.396. The molecule has 1 aliphatic rings. The second-order valence-electron chi connectivity index (χ2n) is 7.10. The van der Waals surface area contributed by atoms with Crippen molar-refractivity contribution in [3.63, 3.8) is 0 Å². The Morgan fingerprint density at radius 2 is 1.83 bits per heavy atom. The second-order valence-corrected chi connectivity index (χ2v) is 11.6. The quantitative estimate of drug-likeness (QED) is 0.263. The average molecular weight is 525 g/mol. The van der Waals surface area contributed by atoms with Crippen LogP contribution in [0, 0.1) is 0 Å². The van der Waals surface area contributed by atoms with E-state index in [1.54, 1.807) is 0 Å². The molecule has 0 spiro atoms. The number of para-hydroxylation sites is 2. The van der Waals surface area contributed by atoms with E-state index >= 15 is 0 Å². The predicted octanol–water partition coefficient (Wildman–Crippen LogP) is 4.43. The predicted molar refractivity (Wildman–Crippen MR) is 132 cm³/mol. The number of aromatic nitrogens is 1. The van der Waals surface area contributed by atoms with Gasteiger partial charge in [-0.2, -0.15) is 0 Å². The van der Waals surface area contributed by atoms with Gasteiger partial charge in [0.15, 0.2) is 0 Å². The van der Waals surface area contributed by atoms with Crippen LogP contribution in [0.2, 0.25) is 0 Å². The van der Waals surface area contributed by atoms with Gasteiger partial charge in [0.05, 0.1) is 0 Å². The van der Waals surface area contributed by atoms with Crippen LogP contribution >= 0.6 is 0 Å². The maximum atomic E-state index is 2.44. The zero-order chi connectivity index (χ0) is 20.9. The van der Waals surface area contributed by atoms with Crippen molar-refractivity contribution in [3.8, 4) is 0 Å². The third kappa shape index (κ3) is 4.48. The monoisotopic (exact) mass is 527 g/mol. The topological polar surface area (TPSA) is 7.12 Å². The fraction of sp³-hybridized carbons (Fsp3) is 0.192. The summed E-state index contributed by atoms with van der Waals surface area (Å²) in [5.41, 5.74) is 4.03. The summed E-state index contributed by atoms with van der Waals surface area (Å²) >= 11 is 0.794. The van der Waals surface area contributed by atoms with Crippen LogP contribution in [0.15, 0.2) is 89.1 Å². The summed E-state index contributed by atoms with van der Waals surface area (Å²) in [4.78, 5) is 2.44. The van der Waals surface area contributed by atoms with Gasteiger partial charge in [0.25, 0.3) is 0 Å². The van der Waals surface area contributed by atoms with Crippen molar-refractivity contribution in [1.82, 2.24) is 0 Å². The normalized spacial score (nSPS) is 15.9. The summed E-state index contributed by atoms with van der Waals surface area (Å²) in [6, 6.07) is 17.6. The van der Waals surface area contributed by atoms with Crippen molar-refractivity contribution in [3.05, 3.63) is 93.6 Å². The van der Waals surface area contributed by atoms with Crippen molar-refractivity contribution < 1.29 is 4.57 Å². The molecule has 0 aliphatic carbocycles. The summed E-state index contributed by atoms with van der Waals surface area (Å²) in [6.07, 6.45) is 13.4. The molecule has 0 bridgehead atoms. The van der Waals surface area contributed by atoms with Gasteiger partial charge in [-0.25, -0.2) is 0 Å². The van der Waals surface area contributed by atoms with E-state index in [1.807, 2.05) is 0 Å². The molecule has 0 fully saturated rings. The van der Waals surface area contributed by atoms with Crippen LogP contribution in [0.5, 0.6) is 0 Å². The van der Waals surface area contributed by atoms with Gasteiger partial charge in [-0.05, 0) is 0 Å². The Bertz CT molecular complexity index is 1160. The Morgan fingerprint density at radius 3 is 2.67 bits per heavy atom.